The molecule has 2 aliphatic rings. The lowest BCUT2D eigenvalue weighted by atomic mass is 9.68. The fourth-order valence-electron chi connectivity index (χ4n) is 3.22. The minimum atomic E-state index is 0.0432. The number of nitrogens with one attached hydrogen (secondary N) is 1. The summed E-state index contributed by atoms with van der Waals surface area (Å²) in [6.45, 7) is 10.3. The van der Waals surface area contributed by atoms with Gasteiger partial charge in [-0.2, -0.15) is 0 Å². The number of hydrogen-bond donors (Lipinski definition) is 1. The van der Waals surface area contributed by atoms with Gasteiger partial charge in [0.2, 0.25) is 0 Å². The molecule has 0 aromatic rings. The highest BCUT2D eigenvalue weighted by molar-refractivity contribution is 5.04. The summed E-state index contributed by atoms with van der Waals surface area (Å²) in [4.78, 5) is 0. The standard InChI is InChI=1S/C13H25NO/c1-5-12(6-2)11(3,4)10-14-13(15-12)8-7-9-13/h14H,5-10H2,1-4H3. The van der Waals surface area contributed by atoms with Crippen molar-refractivity contribution in [3.8, 4) is 0 Å². The second kappa shape index (κ2) is 3.46. The van der Waals surface area contributed by atoms with Crippen molar-refractivity contribution in [3.05, 3.63) is 0 Å². The van der Waals surface area contributed by atoms with Crippen molar-refractivity contribution in [3.63, 3.8) is 0 Å². The van der Waals surface area contributed by atoms with Crippen LogP contribution in [0.1, 0.15) is 59.8 Å². The van der Waals surface area contributed by atoms with Gasteiger partial charge in [0, 0.05) is 12.0 Å². The van der Waals surface area contributed by atoms with E-state index in [-0.39, 0.29) is 16.7 Å². The SMILES string of the molecule is CCC1(CC)OC2(CCC2)NCC1(C)C. The summed E-state index contributed by atoms with van der Waals surface area (Å²) >= 11 is 0. The fourth-order valence-corrected chi connectivity index (χ4v) is 3.22. The van der Waals surface area contributed by atoms with Gasteiger partial charge in [0.25, 0.3) is 0 Å². The smallest absolute Gasteiger partial charge is 0.120 e. The van der Waals surface area contributed by atoms with Gasteiger partial charge in [0.05, 0.1) is 5.60 Å². The van der Waals surface area contributed by atoms with Crippen molar-refractivity contribution in [2.75, 3.05) is 6.54 Å². The maximum Gasteiger partial charge on any atom is 0.120 e. The van der Waals surface area contributed by atoms with E-state index in [9.17, 15) is 0 Å². The molecule has 0 bridgehead atoms. The summed E-state index contributed by atoms with van der Waals surface area (Å²) in [5, 5.41) is 3.62. The second-order valence-corrected chi connectivity index (χ2v) is 5.89. The number of hydrogen-bond acceptors (Lipinski definition) is 2. The Bertz CT molecular complexity index is 239. The summed E-state index contributed by atoms with van der Waals surface area (Å²) in [6.07, 6.45) is 5.96. The Balaban J connectivity index is 2.22. The molecule has 1 saturated carbocycles. The number of rotatable bonds is 2. The largest absolute Gasteiger partial charge is 0.354 e. The molecule has 0 amide bonds. The van der Waals surface area contributed by atoms with E-state index in [1.54, 1.807) is 0 Å². The molecule has 1 N–H and O–H groups in total. The zero-order chi connectivity index (χ0) is 11.2. The van der Waals surface area contributed by atoms with Gasteiger partial charge in [-0.25, -0.2) is 0 Å². The molecule has 1 aliphatic carbocycles. The van der Waals surface area contributed by atoms with Crippen LogP contribution < -0.4 is 5.32 Å². The molecule has 1 aliphatic heterocycles. The highest BCUT2D eigenvalue weighted by atomic mass is 16.5. The van der Waals surface area contributed by atoms with Gasteiger partial charge < -0.3 is 4.74 Å². The van der Waals surface area contributed by atoms with Crippen LogP contribution in [0.3, 0.4) is 0 Å². The second-order valence-electron chi connectivity index (χ2n) is 5.89. The van der Waals surface area contributed by atoms with E-state index in [2.05, 4.69) is 33.0 Å². The normalized spacial score (nSPS) is 31.2. The Morgan fingerprint density at radius 3 is 2.13 bits per heavy atom. The van der Waals surface area contributed by atoms with Crippen LogP contribution in [0.15, 0.2) is 0 Å². The molecule has 2 rings (SSSR count). The third-order valence-corrected chi connectivity index (χ3v) is 4.78. The van der Waals surface area contributed by atoms with Crippen LogP contribution in [0.5, 0.6) is 0 Å². The molecule has 1 spiro atoms. The van der Waals surface area contributed by atoms with Crippen molar-refractivity contribution in [2.24, 2.45) is 5.41 Å². The fraction of sp³-hybridized carbons (Fsp3) is 1.00. The monoisotopic (exact) mass is 211 g/mol. The molecule has 1 heterocycles. The molecule has 0 aromatic heterocycles. The first-order valence-electron chi connectivity index (χ1n) is 6.44. The molecule has 0 aromatic carbocycles. The van der Waals surface area contributed by atoms with Gasteiger partial charge in [0.15, 0.2) is 0 Å². The molecular formula is C13H25NO. The van der Waals surface area contributed by atoms with Crippen molar-refractivity contribution in [2.45, 2.75) is 71.1 Å². The van der Waals surface area contributed by atoms with Crippen molar-refractivity contribution >= 4 is 0 Å². The molecule has 15 heavy (non-hydrogen) atoms. The highest BCUT2D eigenvalue weighted by Gasteiger charge is 2.55. The quantitative estimate of drug-likeness (QED) is 0.758. The molecular weight excluding hydrogens is 186 g/mol. The summed E-state index contributed by atoms with van der Waals surface area (Å²) in [7, 11) is 0. The number of ether oxygens (including phenoxy) is 1. The van der Waals surface area contributed by atoms with Crippen LogP contribution >= 0.6 is 0 Å². The minimum absolute atomic E-state index is 0.0432. The zero-order valence-electron chi connectivity index (χ0n) is 10.7. The van der Waals surface area contributed by atoms with Crippen LogP contribution in [-0.4, -0.2) is 17.9 Å². The molecule has 2 nitrogen and oxygen atoms in total. The van der Waals surface area contributed by atoms with Gasteiger partial charge >= 0.3 is 0 Å². The maximum absolute atomic E-state index is 6.50. The summed E-state index contributed by atoms with van der Waals surface area (Å²) in [5.74, 6) is 0. The van der Waals surface area contributed by atoms with Gasteiger partial charge in [-0.15, -0.1) is 0 Å². The topological polar surface area (TPSA) is 21.3 Å². The van der Waals surface area contributed by atoms with E-state index in [0.717, 1.165) is 19.4 Å². The molecule has 1 saturated heterocycles. The Morgan fingerprint density at radius 1 is 1.13 bits per heavy atom. The minimum Gasteiger partial charge on any atom is -0.354 e. The lowest BCUT2D eigenvalue weighted by Gasteiger charge is -2.60. The predicted octanol–water partition coefficient (Wildman–Crippen LogP) is 3.07. The van der Waals surface area contributed by atoms with Gasteiger partial charge in [-0.1, -0.05) is 27.7 Å². The Labute approximate surface area is 93.8 Å². The molecule has 0 atom stereocenters. The van der Waals surface area contributed by atoms with Crippen molar-refractivity contribution in [1.29, 1.82) is 0 Å². The molecule has 2 fully saturated rings. The van der Waals surface area contributed by atoms with E-state index in [4.69, 9.17) is 4.74 Å². The first kappa shape index (κ1) is 11.4. The van der Waals surface area contributed by atoms with Gasteiger partial charge in [0.1, 0.15) is 5.72 Å². The molecule has 2 heteroatoms. The Hall–Kier alpha value is -0.0800. The van der Waals surface area contributed by atoms with Gasteiger partial charge in [-0.3, -0.25) is 5.32 Å². The van der Waals surface area contributed by atoms with Crippen molar-refractivity contribution in [1.82, 2.24) is 5.32 Å². The lowest BCUT2D eigenvalue weighted by Crippen LogP contribution is -2.69. The first-order chi connectivity index (χ1) is 6.99. The van der Waals surface area contributed by atoms with Crippen LogP contribution in [-0.2, 0) is 4.74 Å². The van der Waals surface area contributed by atoms with Crippen LogP contribution in [0, 0.1) is 5.41 Å². The maximum atomic E-state index is 6.50. The van der Waals surface area contributed by atoms with Crippen molar-refractivity contribution < 1.29 is 4.74 Å². The third kappa shape index (κ3) is 1.53. The van der Waals surface area contributed by atoms with Crippen LogP contribution in [0.25, 0.3) is 0 Å². The predicted molar refractivity (Wildman–Crippen MR) is 62.8 cm³/mol. The van der Waals surface area contributed by atoms with Crippen LogP contribution in [0.2, 0.25) is 0 Å². The summed E-state index contributed by atoms with van der Waals surface area (Å²) < 4.78 is 6.50. The Kier molecular flexibility index (Phi) is 2.63. The Morgan fingerprint density at radius 2 is 1.73 bits per heavy atom. The van der Waals surface area contributed by atoms with E-state index < -0.39 is 0 Å². The summed E-state index contributed by atoms with van der Waals surface area (Å²) in [6, 6.07) is 0. The average molecular weight is 211 g/mol. The average Bonchev–Trinajstić information content (AvgIpc) is 2.16. The van der Waals surface area contributed by atoms with E-state index in [1.165, 1.54) is 19.3 Å². The first-order valence-corrected chi connectivity index (χ1v) is 6.44. The van der Waals surface area contributed by atoms with E-state index in [0.29, 0.717) is 0 Å². The highest BCUT2D eigenvalue weighted by Crippen LogP contribution is 2.49. The molecule has 0 unspecified atom stereocenters. The van der Waals surface area contributed by atoms with Crippen LogP contribution in [0.4, 0.5) is 0 Å². The van der Waals surface area contributed by atoms with E-state index >= 15 is 0 Å². The molecule has 0 radical (unpaired) electrons. The molecule has 88 valence electrons. The van der Waals surface area contributed by atoms with Gasteiger partial charge in [-0.05, 0) is 32.1 Å². The third-order valence-electron chi connectivity index (χ3n) is 4.78. The summed E-state index contributed by atoms with van der Waals surface area (Å²) in [5.41, 5.74) is 0.373. The lowest BCUT2D eigenvalue weighted by molar-refractivity contribution is -0.279. The zero-order valence-corrected chi connectivity index (χ0v) is 10.7. The van der Waals surface area contributed by atoms with E-state index in [1.807, 2.05) is 0 Å².